The number of nitrogens with one attached hydrogen (secondary N) is 3. The predicted octanol–water partition coefficient (Wildman–Crippen LogP) is 2.21. The third kappa shape index (κ3) is 5.55. The monoisotopic (exact) mass is 362 g/mol. The molecule has 136 valence electrons. The topological polar surface area (TPSA) is 113 Å². The van der Waals surface area contributed by atoms with Gasteiger partial charge in [0, 0.05) is 30.4 Å². The molecule has 4 amide bonds. The Labute approximate surface area is 147 Å². The standard InChI is InChI=1S/C17H16F2N4O3/c18-10-1-6-13(14(19)9-10)16(25)21-8-7-15(24)22-11-2-4-12(5-3-11)23-17(20)26/h1-6,9H,7-8H2,(H,21,25)(H,22,24)(H3,20,23,26). The fourth-order valence-electron chi connectivity index (χ4n) is 2.06. The molecule has 26 heavy (non-hydrogen) atoms. The van der Waals surface area contributed by atoms with Gasteiger partial charge in [0.1, 0.15) is 11.6 Å². The van der Waals surface area contributed by atoms with Crippen LogP contribution in [-0.4, -0.2) is 24.4 Å². The molecule has 0 unspecified atom stereocenters. The summed E-state index contributed by atoms with van der Waals surface area (Å²) in [5, 5.41) is 7.36. The number of halogens is 2. The van der Waals surface area contributed by atoms with Gasteiger partial charge in [0.05, 0.1) is 5.56 Å². The normalized spacial score (nSPS) is 10.1. The minimum Gasteiger partial charge on any atom is -0.351 e. The average Bonchev–Trinajstić information content (AvgIpc) is 2.56. The third-order valence-corrected chi connectivity index (χ3v) is 3.25. The summed E-state index contributed by atoms with van der Waals surface area (Å²) in [6.45, 7) is -0.0250. The van der Waals surface area contributed by atoms with E-state index in [2.05, 4.69) is 16.0 Å². The molecule has 5 N–H and O–H groups in total. The molecule has 2 aromatic carbocycles. The van der Waals surface area contributed by atoms with Crippen molar-refractivity contribution in [3.05, 3.63) is 59.7 Å². The van der Waals surface area contributed by atoms with Crippen molar-refractivity contribution in [1.82, 2.24) is 5.32 Å². The highest BCUT2D eigenvalue weighted by Gasteiger charge is 2.12. The molecule has 9 heteroatoms. The largest absolute Gasteiger partial charge is 0.351 e. The molecule has 0 radical (unpaired) electrons. The second-order valence-electron chi connectivity index (χ2n) is 5.24. The van der Waals surface area contributed by atoms with Crippen LogP contribution >= 0.6 is 0 Å². The molecular weight excluding hydrogens is 346 g/mol. The van der Waals surface area contributed by atoms with Crippen LogP contribution in [0, 0.1) is 11.6 Å². The van der Waals surface area contributed by atoms with Crippen LogP contribution in [0.1, 0.15) is 16.8 Å². The molecule has 0 aliphatic carbocycles. The first-order valence-corrected chi connectivity index (χ1v) is 7.55. The van der Waals surface area contributed by atoms with E-state index in [9.17, 15) is 23.2 Å². The van der Waals surface area contributed by atoms with Gasteiger partial charge in [-0.25, -0.2) is 13.6 Å². The van der Waals surface area contributed by atoms with Crippen LogP contribution in [-0.2, 0) is 4.79 Å². The molecule has 7 nitrogen and oxygen atoms in total. The van der Waals surface area contributed by atoms with Crippen LogP contribution in [0.15, 0.2) is 42.5 Å². The first-order valence-electron chi connectivity index (χ1n) is 7.55. The second-order valence-corrected chi connectivity index (χ2v) is 5.24. The summed E-state index contributed by atoms with van der Waals surface area (Å²) in [4.78, 5) is 34.3. The van der Waals surface area contributed by atoms with Gasteiger partial charge in [-0.15, -0.1) is 0 Å². The Morgan fingerprint density at radius 2 is 1.54 bits per heavy atom. The Kier molecular flexibility index (Phi) is 6.20. The lowest BCUT2D eigenvalue weighted by atomic mass is 10.2. The number of anilines is 2. The molecule has 0 saturated heterocycles. The smallest absolute Gasteiger partial charge is 0.316 e. The van der Waals surface area contributed by atoms with Gasteiger partial charge in [-0.2, -0.15) is 0 Å². The molecule has 0 bridgehead atoms. The Hall–Kier alpha value is -3.49. The number of urea groups is 1. The Morgan fingerprint density at radius 3 is 2.12 bits per heavy atom. The summed E-state index contributed by atoms with van der Waals surface area (Å²) < 4.78 is 26.3. The zero-order valence-corrected chi connectivity index (χ0v) is 13.5. The van der Waals surface area contributed by atoms with Crippen molar-refractivity contribution in [3.8, 4) is 0 Å². The van der Waals surface area contributed by atoms with Crippen molar-refractivity contribution in [1.29, 1.82) is 0 Å². The molecule has 2 rings (SSSR count). The molecule has 0 aliphatic heterocycles. The van der Waals surface area contributed by atoms with E-state index in [1.807, 2.05) is 0 Å². The molecule has 0 aliphatic rings. The second kappa shape index (κ2) is 8.56. The van der Waals surface area contributed by atoms with Gasteiger partial charge in [0.25, 0.3) is 5.91 Å². The van der Waals surface area contributed by atoms with E-state index in [0.29, 0.717) is 17.4 Å². The highest BCUT2D eigenvalue weighted by Crippen LogP contribution is 2.13. The van der Waals surface area contributed by atoms with Gasteiger partial charge in [-0.3, -0.25) is 9.59 Å². The number of hydrogen-bond donors (Lipinski definition) is 4. The van der Waals surface area contributed by atoms with Gasteiger partial charge >= 0.3 is 6.03 Å². The lowest BCUT2D eigenvalue weighted by molar-refractivity contribution is -0.116. The van der Waals surface area contributed by atoms with Crippen LogP contribution in [0.5, 0.6) is 0 Å². The maximum atomic E-state index is 13.5. The van der Waals surface area contributed by atoms with Gasteiger partial charge in [0.2, 0.25) is 5.91 Å². The Morgan fingerprint density at radius 1 is 0.923 bits per heavy atom. The number of carbonyl (C=O) groups is 3. The van der Waals surface area contributed by atoms with Crippen molar-refractivity contribution in [2.75, 3.05) is 17.2 Å². The van der Waals surface area contributed by atoms with Crippen molar-refractivity contribution in [3.63, 3.8) is 0 Å². The molecule has 2 aromatic rings. The van der Waals surface area contributed by atoms with Crippen molar-refractivity contribution in [2.45, 2.75) is 6.42 Å². The fraction of sp³-hybridized carbons (Fsp3) is 0.118. The number of rotatable bonds is 6. The number of benzene rings is 2. The summed E-state index contributed by atoms with van der Waals surface area (Å²) in [6, 6.07) is 8.15. The molecular formula is C17H16F2N4O3. The molecule has 0 spiro atoms. The maximum absolute atomic E-state index is 13.5. The van der Waals surface area contributed by atoms with Crippen LogP contribution < -0.4 is 21.7 Å². The maximum Gasteiger partial charge on any atom is 0.316 e. The summed E-state index contributed by atoms with van der Waals surface area (Å²) in [5.74, 6) is -2.87. The number of nitrogens with two attached hydrogens (primary N) is 1. The van der Waals surface area contributed by atoms with Crippen LogP contribution in [0.25, 0.3) is 0 Å². The molecule has 0 fully saturated rings. The molecule has 0 heterocycles. The van der Waals surface area contributed by atoms with E-state index in [-0.39, 0.29) is 24.4 Å². The van der Waals surface area contributed by atoms with Crippen LogP contribution in [0.4, 0.5) is 25.0 Å². The van der Waals surface area contributed by atoms with E-state index in [1.165, 1.54) is 0 Å². The summed E-state index contributed by atoms with van der Waals surface area (Å²) in [5.41, 5.74) is 5.65. The van der Waals surface area contributed by atoms with E-state index < -0.39 is 23.6 Å². The third-order valence-electron chi connectivity index (χ3n) is 3.25. The van der Waals surface area contributed by atoms with Crippen LogP contribution in [0.2, 0.25) is 0 Å². The van der Waals surface area contributed by atoms with Crippen molar-refractivity contribution >= 4 is 29.2 Å². The average molecular weight is 362 g/mol. The van der Waals surface area contributed by atoms with Crippen LogP contribution in [0.3, 0.4) is 0 Å². The zero-order valence-electron chi connectivity index (χ0n) is 13.5. The lowest BCUT2D eigenvalue weighted by Gasteiger charge is -2.08. The first-order chi connectivity index (χ1) is 12.3. The molecule has 0 atom stereocenters. The fourth-order valence-corrected chi connectivity index (χ4v) is 2.06. The van der Waals surface area contributed by atoms with Gasteiger partial charge in [0.15, 0.2) is 0 Å². The number of amides is 4. The highest BCUT2D eigenvalue weighted by atomic mass is 19.1. The Balaban J connectivity index is 1.79. The number of hydrogen-bond acceptors (Lipinski definition) is 3. The lowest BCUT2D eigenvalue weighted by Crippen LogP contribution is -2.28. The minimum atomic E-state index is -0.975. The highest BCUT2D eigenvalue weighted by molar-refractivity contribution is 5.95. The Bertz CT molecular complexity index is 825. The van der Waals surface area contributed by atoms with Gasteiger partial charge in [-0.05, 0) is 36.4 Å². The van der Waals surface area contributed by atoms with Gasteiger partial charge in [-0.1, -0.05) is 0 Å². The predicted molar refractivity (Wildman–Crippen MR) is 91.6 cm³/mol. The summed E-state index contributed by atoms with van der Waals surface area (Å²) >= 11 is 0. The van der Waals surface area contributed by atoms with E-state index in [0.717, 1.165) is 12.1 Å². The van der Waals surface area contributed by atoms with Gasteiger partial charge < -0.3 is 21.7 Å². The van der Waals surface area contributed by atoms with Crippen molar-refractivity contribution < 1.29 is 23.2 Å². The van der Waals surface area contributed by atoms with E-state index in [1.54, 1.807) is 24.3 Å². The van der Waals surface area contributed by atoms with Crippen molar-refractivity contribution in [2.24, 2.45) is 5.73 Å². The summed E-state index contributed by atoms with van der Waals surface area (Å²) in [7, 11) is 0. The SMILES string of the molecule is NC(=O)Nc1ccc(NC(=O)CCNC(=O)c2ccc(F)cc2F)cc1. The number of carbonyl (C=O) groups excluding carboxylic acids is 3. The number of primary amides is 1. The minimum absolute atomic E-state index is 0.0250. The first kappa shape index (κ1) is 18.8. The molecule has 0 aromatic heterocycles. The quantitative estimate of drug-likeness (QED) is 0.632. The van der Waals surface area contributed by atoms with E-state index >= 15 is 0 Å². The summed E-state index contributed by atoms with van der Waals surface area (Å²) in [6.07, 6.45) is -0.0458. The molecule has 0 saturated carbocycles. The zero-order chi connectivity index (χ0) is 19.1. The van der Waals surface area contributed by atoms with E-state index in [4.69, 9.17) is 5.73 Å².